The van der Waals surface area contributed by atoms with E-state index in [0.29, 0.717) is 6.41 Å². The zero-order chi connectivity index (χ0) is 5.82. The van der Waals surface area contributed by atoms with Crippen LogP contribution in [0.1, 0.15) is 0 Å². The second-order valence-electron chi connectivity index (χ2n) is 1.35. The third-order valence-electron chi connectivity index (χ3n) is 0.812. The summed E-state index contributed by atoms with van der Waals surface area (Å²) in [6, 6.07) is 3.58. The maximum Gasteiger partial charge on any atom is 0.212 e. The molecule has 1 rings (SSSR count). The van der Waals surface area contributed by atoms with Gasteiger partial charge in [-0.1, -0.05) is 0 Å². The molecule has 1 heterocycles. The molecule has 0 aliphatic rings. The van der Waals surface area contributed by atoms with Crippen LogP contribution in [-0.4, -0.2) is 11.4 Å². The molecule has 9 heavy (non-hydrogen) atoms. The molecule has 0 unspecified atom stereocenters. The van der Waals surface area contributed by atoms with Crippen LogP contribution in [0.3, 0.4) is 0 Å². The summed E-state index contributed by atoms with van der Waals surface area (Å²) in [6.07, 6.45) is 2.37. The van der Waals surface area contributed by atoms with Crippen molar-refractivity contribution < 1.29 is 4.79 Å². The number of halogens is 1. The lowest BCUT2D eigenvalue weighted by Gasteiger charge is -1.86. The van der Waals surface area contributed by atoms with Gasteiger partial charge in [-0.3, -0.25) is 4.79 Å². The number of H-pyrrole nitrogens is 1. The molecule has 0 aliphatic carbocycles. The van der Waals surface area contributed by atoms with Gasteiger partial charge in [0.25, 0.3) is 0 Å². The minimum absolute atomic E-state index is 0. The maximum absolute atomic E-state index is 9.74. The zero-order valence-corrected chi connectivity index (χ0v) is 5.44. The van der Waals surface area contributed by atoms with E-state index in [-0.39, 0.29) is 12.4 Å². The summed E-state index contributed by atoms with van der Waals surface area (Å²) in [6.45, 7) is 0. The van der Waals surface area contributed by atoms with Crippen molar-refractivity contribution in [2.75, 3.05) is 5.32 Å². The molecule has 0 atom stereocenters. The van der Waals surface area contributed by atoms with Crippen LogP contribution in [-0.2, 0) is 4.79 Å². The van der Waals surface area contributed by atoms with Crippen molar-refractivity contribution in [3.8, 4) is 0 Å². The van der Waals surface area contributed by atoms with Crippen LogP contribution in [0.25, 0.3) is 0 Å². The fourth-order valence-electron chi connectivity index (χ4n) is 0.484. The number of anilines is 1. The highest BCUT2D eigenvalue weighted by atomic mass is 35.5. The first kappa shape index (κ1) is 8.04. The van der Waals surface area contributed by atoms with Crippen molar-refractivity contribution >= 4 is 24.6 Å². The molecule has 0 aromatic carbocycles. The molecule has 0 radical (unpaired) electrons. The quantitative estimate of drug-likeness (QED) is 0.601. The van der Waals surface area contributed by atoms with Crippen molar-refractivity contribution in [1.82, 2.24) is 4.98 Å². The summed E-state index contributed by atoms with van der Waals surface area (Å²) < 4.78 is 0. The second-order valence-corrected chi connectivity index (χ2v) is 1.35. The molecular formula is C5H7ClN2O. The summed E-state index contributed by atoms with van der Waals surface area (Å²) in [5.74, 6) is 0.722. The summed E-state index contributed by atoms with van der Waals surface area (Å²) in [5, 5.41) is 2.45. The fourth-order valence-corrected chi connectivity index (χ4v) is 0.484. The monoisotopic (exact) mass is 146 g/mol. The van der Waals surface area contributed by atoms with Gasteiger partial charge in [0.15, 0.2) is 0 Å². The predicted molar refractivity (Wildman–Crippen MR) is 37.7 cm³/mol. The Morgan fingerprint density at radius 2 is 2.44 bits per heavy atom. The molecule has 4 heteroatoms. The van der Waals surface area contributed by atoms with Crippen LogP contribution in [0.15, 0.2) is 18.3 Å². The van der Waals surface area contributed by atoms with Gasteiger partial charge in [-0.25, -0.2) is 0 Å². The summed E-state index contributed by atoms with van der Waals surface area (Å²) >= 11 is 0. The molecule has 50 valence electrons. The van der Waals surface area contributed by atoms with Crippen molar-refractivity contribution in [3.05, 3.63) is 18.3 Å². The number of aromatic amines is 1. The highest BCUT2D eigenvalue weighted by Crippen LogP contribution is 1.97. The standard InChI is InChI=1S/C5H6N2O.ClH/c8-4-7-5-2-1-3-6-5;/h1-4,6H,(H,7,8);1H. The van der Waals surface area contributed by atoms with Crippen molar-refractivity contribution in [2.45, 2.75) is 0 Å². The molecule has 0 saturated carbocycles. The predicted octanol–water partition coefficient (Wildman–Crippen LogP) is 1.00. The number of rotatable bonds is 2. The highest BCUT2D eigenvalue weighted by Gasteiger charge is 1.82. The Labute approximate surface area is 58.9 Å². The third kappa shape index (κ3) is 2.19. The summed E-state index contributed by atoms with van der Waals surface area (Å²) in [7, 11) is 0. The second kappa shape index (κ2) is 3.97. The van der Waals surface area contributed by atoms with Crippen LogP contribution in [0, 0.1) is 0 Å². The first-order valence-electron chi connectivity index (χ1n) is 2.27. The lowest BCUT2D eigenvalue weighted by Crippen LogP contribution is -1.91. The SMILES string of the molecule is Cl.O=CNc1ccc[nH]1. The topological polar surface area (TPSA) is 44.9 Å². The van der Waals surface area contributed by atoms with Crippen LogP contribution in [0.2, 0.25) is 0 Å². The minimum atomic E-state index is 0. The molecular weight excluding hydrogens is 140 g/mol. The van der Waals surface area contributed by atoms with E-state index in [1.807, 2.05) is 6.07 Å². The van der Waals surface area contributed by atoms with Gasteiger partial charge in [-0.15, -0.1) is 12.4 Å². The molecule has 1 amide bonds. The van der Waals surface area contributed by atoms with Gasteiger partial charge in [0.1, 0.15) is 5.82 Å². The first-order chi connectivity index (χ1) is 3.93. The molecule has 1 aromatic rings. The highest BCUT2D eigenvalue weighted by molar-refractivity contribution is 5.85. The number of hydrogen-bond donors (Lipinski definition) is 2. The zero-order valence-electron chi connectivity index (χ0n) is 4.63. The minimum Gasteiger partial charge on any atom is -0.348 e. The Kier molecular flexibility index (Phi) is 3.55. The van der Waals surface area contributed by atoms with Gasteiger partial charge in [-0.05, 0) is 12.1 Å². The molecule has 0 bridgehead atoms. The first-order valence-corrected chi connectivity index (χ1v) is 2.27. The van der Waals surface area contributed by atoms with Crippen LogP contribution < -0.4 is 5.32 Å². The Hall–Kier alpha value is -0.960. The maximum atomic E-state index is 9.74. The molecule has 1 aromatic heterocycles. The summed E-state index contributed by atoms with van der Waals surface area (Å²) in [4.78, 5) is 12.5. The van der Waals surface area contributed by atoms with Gasteiger partial charge in [0.2, 0.25) is 6.41 Å². The van der Waals surface area contributed by atoms with E-state index in [4.69, 9.17) is 0 Å². The number of carbonyl (C=O) groups is 1. The Morgan fingerprint density at radius 3 is 2.89 bits per heavy atom. The molecule has 2 N–H and O–H groups in total. The average molecular weight is 147 g/mol. The number of hydrogen-bond acceptors (Lipinski definition) is 1. The van der Waals surface area contributed by atoms with E-state index in [0.717, 1.165) is 5.82 Å². The largest absolute Gasteiger partial charge is 0.348 e. The van der Waals surface area contributed by atoms with Gasteiger partial charge in [0.05, 0.1) is 0 Å². The molecule has 3 nitrogen and oxygen atoms in total. The number of nitrogens with one attached hydrogen (secondary N) is 2. The lowest BCUT2D eigenvalue weighted by atomic mass is 10.6. The average Bonchev–Trinajstić information content (AvgIpc) is 2.19. The van der Waals surface area contributed by atoms with Crippen LogP contribution in [0.5, 0.6) is 0 Å². The molecule has 0 saturated heterocycles. The van der Waals surface area contributed by atoms with Gasteiger partial charge >= 0.3 is 0 Å². The van der Waals surface area contributed by atoms with Crippen LogP contribution >= 0.6 is 12.4 Å². The number of amides is 1. The number of aromatic nitrogens is 1. The van der Waals surface area contributed by atoms with E-state index < -0.39 is 0 Å². The third-order valence-corrected chi connectivity index (χ3v) is 0.812. The van der Waals surface area contributed by atoms with E-state index >= 15 is 0 Å². The fraction of sp³-hybridized carbons (Fsp3) is 0. The molecule has 0 spiro atoms. The van der Waals surface area contributed by atoms with Gasteiger partial charge in [-0.2, -0.15) is 0 Å². The molecule has 0 aliphatic heterocycles. The van der Waals surface area contributed by atoms with E-state index in [1.54, 1.807) is 12.3 Å². The van der Waals surface area contributed by atoms with Crippen molar-refractivity contribution in [2.24, 2.45) is 0 Å². The molecule has 0 fully saturated rings. The smallest absolute Gasteiger partial charge is 0.212 e. The van der Waals surface area contributed by atoms with Crippen LogP contribution in [0.4, 0.5) is 5.82 Å². The van der Waals surface area contributed by atoms with Crippen molar-refractivity contribution in [1.29, 1.82) is 0 Å². The van der Waals surface area contributed by atoms with Gasteiger partial charge in [0, 0.05) is 6.20 Å². The van der Waals surface area contributed by atoms with E-state index in [2.05, 4.69) is 10.3 Å². The summed E-state index contributed by atoms with van der Waals surface area (Å²) in [5.41, 5.74) is 0. The van der Waals surface area contributed by atoms with E-state index in [1.165, 1.54) is 0 Å². The lowest BCUT2D eigenvalue weighted by molar-refractivity contribution is -0.105. The Bertz CT molecular complexity index is 161. The van der Waals surface area contributed by atoms with Gasteiger partial charge < -0.3 is 10.3 Å². The van der Waals surface area contributed by atoms with Crippen molar-refractivity contribution in [3.63, 3.8) is 0 Å². The van der Waals surface area contributed by atoms with E-state index in [9.17, 15) is 4.79 Å². The Balaban J connectivity index is 0.000000640. The number of carbonyl (C=O) groups excluding carboxylic acids is 1. The Morgan fingerprint density at radius 1 is 1.67 bits per heavy atom. The normalized spacial score (nSPS) is 7.56.